The highest BCUT2D eigenvalue weighted by molar-refractivity contribution is 5.95. The number of oxime groups is 1. The van der Waals surface area contributed by atoms with Crippen LogP contribution in [0.15, 0.2) is 65.8 Å². The molecule has 0 aliphatic rings. The molecule has 0 aliphatic heterocycles. The van der Waals surface area contributed by atoms with Crippen LogP contribution in [0.1, 0.15) is 5.56 Å². The fourth-order valence-corrected chi connectivity index (χ4v) is 1.32. The number of hydrogen-bond acceptors (Lipinski definition) is 3. The Morgan fingerprint density at radius 1 is 0.875 bits per heavy atom. The van der Waals surface area contributed by atoms with E-state index in [2.05, 4.69) is 5.16 Å². The lowest BCUT2D eigenvalue weighted by molar-refractivity contribution is 0.305. The van der Waals surface area contributed by atoms with Crippen LogP contribution >= 0.6 is 0 Å². The third kappa shape index (κ3) is 2.39. The summed E-state index contributed by atoms with van der Waals surface area (Å²) >= 11 is 0. The predicted molar refractivity (Wildman–Crippen MR) is 61.8 cm³/mol. The molecule has 0 aromatic heterocycles. The molecule has 2 aromatic rings. The predicted octanol–water partition coefficient (Wildman–Crippen LogP) is 2.90. The van der Waals surface area contributed by atoms with Gasteiger partial charge in [0.15, 0.2) is 0 Å². The summed E-state index contributed by atoms with van der Waals surface area (Å²) in [6.45, 7) is 0. The van der Waals surface area contributed by atoms with Gasteiger partial charge in [0, 0.05) is 5.56 Å². The maximum Gasteiger partial charge on any atom is 0.262 e. The Kier molecular flexibility index (Phi) is 3.18. The fraction of sp³-hybridized carbons (Fsp3) is 0. The van der Waals surface area contributed by atoms with Crippen LogP contribution in [-0.4, -0.2) is 11.1 Å². The second-order valence-corrected chi connectivity index (χ2v) is 3.19. The molecule has 3 heteroatoms. The summed E-state index contributed by atoms with van der Waals surface area (Å²) in [4.78, 5) is 0. The molecule has 80 valence electrons. The second kappa shape index (κ2) is 4.98. The number of rotatable bonds is 2. The largest absolute Gasteiger partial charge is 0.436 e. The highest BCUT2D eigenvalue weighted by Crippen LogP contribution is 2.12. The van der Waals surface area contributed by atoms with E-state index in [-0.39, 0.29) is 5.90 Å². The topological polar surface area (TPSA) is 41.8 Å². The maximum atomic E-state index is 8.90. The Morgan fingerprint density at radius 2 is 1.44 bits per heavy atom. The molecule has 0 spiro atoms. The fourth-order valence-electron chi connectivity index (χ4n) is 1.32. The zero-order valence-corrected chi connectivity index (χ0v) is 8.58. The highest BCUT2D eigenvalue weighted by Gasteiger charge is 2.05. The molecule has 2 rings (SSSR count). The van der Waals surface area contributed by atoms with E-state index < -0.39 is 0 Å². The summed E-state index contributed by atoms with van der Waals surface area (Å²) in [5.41, 5.74) is 0.730. The minimum absolute atomic E-state index is 0.187. The molecule has 1 N–H and O–H groups in total. The van der Waals surface area contributed by atoms with E-state index in [1.165, 1.54) is 0 Å². The molecule has 0 saturated heterocycles. The second-order valence-electron chi connectivity index (χ2n) is 3.19. The van der Waals surface area contributed by atoms with E-state index in [1.807, 2.05) is 48.5 Å². The van der Waals surface area contributed by atoms with Crippen LogP contribution in [0.4, 0.5) is 0 Å². The van der Waals surface area contributed by atoms with Crippen molar-refractivity contribution in [3.8, 4) is 5.75 Å². The van der Waals surface area contributed by atoms with Crippen LogP contribution in [0, 0.1) is 0 Å². The highest BCUT2D eigenvalue weighted by atomic mass is 16.5. The van der Waals surface area contributed by atoms with Crippen molar-refractivity contribution in [2.45, 2.75) is 0 Å². The van der Waals surface area contributed by atoms with Crippen LogP contribution in [-0.2, 0) is 0 Å². The lowest BCUT2D eigenvalue weighted by Gasteiger charge is -2.06. The van der Waals surface area contributed by atoms with Crippen LogP contribution in [0.3, 0.4) is 0 Å². The molecule has 0 radical (unpaired) electrons. The molecule has 0 fully saturated rings. The van der Waals surface area contributed by atoms with Crippen molar-refractivity contribution >= 4 is 5.90 Å². The first kappa shape index (κ1) is 10.2. The van der Waals surface area contributed by atoms with E-state index in [1.54, 1.807) is 12.1 Å². The Labute approximate surface area is 93.6 Å². The molecule has 3 nitrogen and oxygen atoms in total. The van der Waals surface area contributed by atoms with E-state index in [9.17, 15) is 0 Å². The standard InChI is InChI=1S/C13H11NO2/c15-14-13(11-7-3-1-4-8-11)16-12-9-5-2-6-10-12/h1-10,15H/b14-13-. The maximum absolute atomic E-state index is 8.90. The monoisotopic (exact) mass is 213 g/mol. The molecule has 0 amide bonds. The average molecular weight is 213 g/mol. The molecule has 0 bridgehead atoms. The first-order valence-corrected chi connectivity index (χ1v) is 4.90. The number of ether oxygens (including phenoxy) is 1. The molecule has 0 heterocycles. The van der Waals surface area contributed by atoms with Crippen molar-refractivity contribution in [1.29, 1.82) is 0 Å². The molecule has 0 saturated carbocycles. The summed E-state index contributed by atoms with van der Waals surface area (Å²) < 4.78 is 5.45. The summed E-state index contributed by atoms with van der Waals surface area (Å²) in [5, 5.41) is 12.1. The van der Waals surface area contributed by atoms with Gasteiger partial charge >= 0.3 is 0 Å². The van der Waals surface area contributed by atoms with Crippen LogP contribution < -0.4 is 4.74 Å². The van der Waals surface area contributed by atoms with Gasteiger partial charge in [0.05, 0.1) is 0 Å². The smallest absolute Gasteiger partial charge is 0.262 e. The first-order chi connectivity index (χ1) is 7.90. The summed E-state index contributed by atoms with van der Waals surface area (Å²) in [6, 6.07) is 18.4. The SMILES string of the molecule is O/N=C(\Oc1ccccc1)c1ccccc1. The van der Waals surface area contributed by atoms with Gasteiger partial charge < -0.3 is 9.94 Å². The summed E-state index contributed by atoms with van der Waals surface area (Å²) in [7, 11) is 0. The molecule has 0 atom stereocenters. The number of hydrogen-bond donors (Lipinski definition) is 1. The first-order valence-electron chi connectivity index (χ1n) is 4.90. The third-order valence-electron chi connectivity index (χ3n) is 2.07. The minimum atomic E-state index is 0.187. The Hall–Kier alpha value is -2.29. The van der Waals surface area contributed by atoms with Gasteiger partial charge in [-0.05, 0) is 29.4 Å². The Morgan fingerprint density at radius 3 is 2.00 bits per heavy atom. The van der Waals surface area contributed by atoms with Gasteiger partial charge in [-0.15, -0.1) is 0 Å². The van der Waals surface area contributed by atoms with Crippen molar-refractivity contribution in [3.05, 3.63) is 66.2 Å². The zero-order valence-electron chi connectivity index (χ0n) is 8.58. The Balaban J connectivity index is 2.20. The van der Waals surface area contributed by atoms with Gasteiger partial charge in [0.25, 0.3) is 5.90 Å². The van der Waals surface area contributed by atoms with Crippen LogP contribution in [0.5, 0.6) is 5.75 Å². The van der Waals surface area contributed by atoms with Crippen molar-refractivity contribution < 1.29 is 9.94 Å². The lowest BCUT2D eigenvalue weighted by Crippen LogP contribution is -2.09. The summed E-state index contributed by atoms with van der Waals surface area (Å²) in [5.74, 6) is 0.825. The number of para-hydroxylation sites is 1. The Bertz CT molecular complexity index is 466. The quantitative estimate of drug-likeness (QED) is 0.360. The number of nitrogens with zero attached hydrogens (tertiary/aromatic N) is 1. The molecule has 16 heavy (non-hydrogen) atoms. The number of benzene rings is 2. The molecular formula is C13H11NO2. The van der Waals surface area contributed by atoms with Crippen LogP contribution in [0.25, 0.3) is 0 Å². The average Bonchev–Trinajstić information content (AvgIpc) is 2.38. The minimum Gasteiger partial charge on any atom is -0.436 e. The van der Waals surface area contributed by atoms with E-state index >= 15 is 0 Å². The van der Waals surface area contributed by atoms with Crippen molar-refractivity contribution in [1.82, 2.24) is 0 Å². The van der Waals surface area contributed by atoms with Gasteiger partial charge in [-0.1, -0.05) is 36.4 Å². The van der Waals surface area contributed by atoms with E-state index in [0.29, 0.717) is 5.75 Å². The van der Waals surface area contributed by atoms with Crippen molar-refractivity contribution in [2.75, 3.05) is 0 Å². The van der Waals surface area contributed by atoms with Crippen molar-refractivity contribution in [3.63, 3.8) is 0 Å². The van der Waals surface area contributed by atoms with E-state index in [0.717, 1.165) is 5.56 Å². The van der Waals surface area contributed by atoms with E-state index in [4.69, 9.17) is 9.94 Å². The normalized spacial score (nSPS) is 11.1. The molecule has 0 aliphatic carbocycles. The molecule has 0 unspecified atom stereocenters. The van der Waals surface area contributed by atoms with Gasteiger partial charge in [-0.25, -0.2) is 0 Å². The summed E-state index contributed by atoms with van der Waals surface area (Å²) in [6.07, 6.45) is 0. The van der Waals surface area contributed by atoms with Gasteiger partial charge in [0.2, 0.25) is 0 Å². The van der Waals surface area contributed by atoms with Gasteiger partial charge in [-0.3, -0.25) is 0 Å². The third-order valence-corrected chi connectivity index (χ3v) is 2.07. The lowest BCUT2D eigenvalue weighted by atomic mass is 10.2. The molecule has 2 aromatic carbocycles. The van der Waals surface area contributed by atoms with Crippen molar-refractivity contribution in [2.24, 2.45) is 5.16 Å². The van der Waals surface area contributed by atoms with Gasteiger partial charge in [0.1, 0.15) is 5.75 Å². The molecular weight excluding hydrogens is 202 g/mol. The zero-order chi connectivity index (χ0) is 11.2. The van der Waals surface area contributed by atoms with Crippen LogP contribution in [0.2, 0.25) is 0 Å². The van der Waals surface area contributed by atoms with Gasteiger partial charge in [-0.2, -0.15) is 0 Å².